The van der Waals surface area contributed by atoms with Gasteiger partial charge in [0.05, 0.1) is 11.6 Å². The van der Waals surface area contributed by atoms with Gasteiger partial charge in [-0.1, -0.05) is 0 Å². The zero-order chi connectivity index (χ0) is 25.4. The van der Waals surface area contributed by atoms with Crippen molar-refractivity contribution in [3.8, 4) is 5.88 Å². The van der Waals surface area contributed by atoms with E-state index in [9.17, 15) is 31.1 Å². The summed E-state index contributed by atoms with van der Waals surface area (Å²) in [7, 11) is -4.10. The van der Waals surface area contributed by atoms with Crippen LogP contribution >= 0.6 is 0 Å². The van der Waals surface area contributed by atoms with E-state index in [2.05, 4.69) is 25.3 Å². The van der Waals surface area contributed by atoms with Crippen LogP contribution in [0.5, 0.6) is 5.88 Å². The van der Waals surface area contributed by atoms with Crippen LogP contribution in [-0.2, 0) is 16.2 Å². The highest BCUT2D eigenvalue weighted by molar-refractivity contribution is 7.88. The van der Waals surface area contributed by atoms with E-state index in [1.807, 2.05) is 0 Å². The number of rotatable bonds is 6. The zero-order valence-corrected chi connectivity index (χ0v) is 19.4. The van der Waals surface area contributed by atoms with Crippen LogP contribution in [0.3, 0.4) is 0 Å². The van der Waals surface area contributed by atoms with E-state index in [4.69, 9.17) is 4.74 Å². The summed E-state index contributed by atoms with van der Waals surface area (Å²) < 4.78 is 87.0. The van der Waals surface area contributed by atoms with Crippen LogP contribution in [0.4, 0.5) is 23.5 Å². The Labute approximate surface area is 198 Å². The number of sulfonamides is 1. The summed E-state index contributed by atoms with van der Waals surface area (Å²) in [4.78, 5) is 14.9. The van der Waals surface area contributed by atoms with Crippen molar-refractivity contribution in [2.24, 2.45) is 0 Å². The van der Waals surface area contributed by atoms with Crippen molar-refractivity contribution in [3.63, 3.8) is 0 Å². The van der Waals surface area contributed by atoms with Gasteiger partial charge in [-0.3, -0.25) is 0 Å². The van der Waals surface area contributed by atoms with Crippen molar-refractivity contribution < 1.29 is 35.8 Å². The molecule has 0 aromatic carbocycles. The SMILES string of the molecule is C[C@]1(O)CCC[C@H]1Oc1nc(N[C@@H]2CCN(S(=O)(=O)c3ncccn3)C[C@H]2F)ncc1C(F)(F)F. The molecule has 0 radical (unpaired) electrons. The molecule has 2 fully saturated rings. The highest BCUT2D eigenvalue weighted by Gasteiger charge is 2.43. The van der Waals surface area contributed by atoms with Crippen LogP contribution in [-0.4, -0.2) is 74.8 Å². The molecule has 10 nitrogen and oxygen atoms in total. The van der Waals surface area contributed by atoms with E-state index in [1.54, 1.807) is 0 Å². The Hall–Kier alpha value is -2.65. The maximum Gasteiger partial charge on any atom is 0.423 e. The number of piperidine rings is 1. The summed E-state index contributed by atoms with van der Waals surface area (Å²) in [6.07, 6.45) is -3.08. The molecule has 1 aliphatic carbocycles. The molecule has 192 valence electrons. The number of hydrogen-bond acceptors (Lipinski definition) is 9. The minimum atomic E-state index is -4.81. The second kappa shape index (κ2) is 9.43. The standard InChI is InChI=1S/C20H24F4N6O4S/c1-19(31)6-2-4-15(19)34-16-12(20(22,23)24)10-27-17(29-16)28-14-5-9-30(11-13(14)21)35(32,33)18-25-7-3-8-26-18/h3,7-8,10,13-15,31H,2,4-6,9,11H2,1H3,(H,27,28,29)/t13-,14-,15-,19+/m1/s1. The lowest BCUT2D eigenvalue weighted by atomic mass is 10.0. The van der Waals surface area contributed by atoms with Crippen LogP contribution in [0.25, 0.3) is 0 Å². The van der Waals surface area contributed by atoms with Crippen LogP contribution in [0.15, 0.2) is 29.8 Å². The predicted molar refractivity (Wildman–Crippen MR) is 114 cm³/mol. The number of aliphatic hydroxyl groups is 1. The molecule has 1 saturated heterocycles. The molecular weight excluding hydrogens is 496 g/mol. The summed E-state index contributed by atoms with van der Waals surface area (Å²) in [5, 5.41) is 12.6. The van der Waals surface area contributed by atoms with E-state index < -0.39 is 63.3 Å². The first-order chi connectivity index (χ1) is 16.4. The Morgan fingerprint density at radius 1 is 1.23 bits per heavy atom. The Morgan fingerprint density at radius 2 is 1.94 bits per heavy atom. The normalized spacial score (nSPS) is 28.1. The molecule has 2 aromatic heterocycles. The first-order valence-electron chi connectivity index (χ1n) is 10.9. The summed E-state index contributed by atoms with van der Waals surface area (Å²) in [5.74, 6) is -1.07. The lowest BCUT2D eigenvalue weighted by Crippen LogP contribution is -2.50. The Morgan fingerprint density at radius 3 is 2.54 bits per heavy atom. The molecule has 0 spiro atoms. The molecule has 4 rings (SSSR count). The second-order valence-corrected chi connectivity index (χ2v) is 10.5. The van der Waals surface area contributed by atoms with Gasteiger partial charge in [0.1, 0.15) is 17.8 Å². The lowest BCUT2D eigenvalue weighted by molar-refractivity contribution is -0.141. The Bertz CT molecular complexity index is 1150. The van der Waals surface area contributed by atoms with Crippen molar-refractivity contribution >= 4 is 16.0 Å². The van der Waals surface area contributed by atoms with Crippen molar-refractivity contribution in [2.45, 2.75) is 67.9 Å². The number of nitrogens with zero attached hydrogens (tertiary/aromatic N) is 5. The van der Waals surface area contributed by atoms with E-state index >= 15 is 0 Å². The molecule has 2 aliphatic rings. The molecule has 0 amide bonds. The van der Waals surface area contributed by atoms with Crippen molar-refractivity contribution in [2.75, 3.05) is 18.4 Å². The number of ether oxygens (including phenoxy) is 1. The van der Waals surface area contributed by atoms with Crippen LogP contribution < -0.4 is 10.1 Å². The fourth-order valence-corrected chi connectivity index (χ4v) is 5.42. The van der Waals surface area contributed by atoms with Gasteiger partial charge in [0.2, 0.25) is 11.8 Å². The molecule has 4 atom stereocenters. The van der Waals surface area contributed by atoms with Gasteiger partial charge in [0.15, 0.2) is 0 Å². The minimum Gasteiger partial charge on any atom is -0.471 e. The molecule has 0 unspecified atom stereocenters. The minimum absolute atomic E-state index is 0.00879. The molecule has 2 N–H and O–H groups in total. The maximum absolute atomic E-state index is 14.9. The number of halogens is 4. The highest BCUT2D eigenvalue weighted by Crippen LogP contribution is 2.39. The molecule has 2 aromatic rings. The largest absolute Gasteiger partial charge is 0.471 e. The van der Waals surface area contributed by atoms with Crippen molar-refractivity contribution in [1.82, 2.24) is 24.2 Å². The lowest BCUT2D eigenvalue weighted by Gasteiger charge is -2.33. The molecule has 0 bridgehead atoms. The van der Waals surface area contributed by atoms with Gasteiger partial charge in [-0.2, -0.15) is 22.5 Å². The van der Waals surface area contributed by atoms with Crippen LogP contribution in [0.2, 0.25) is 0 Å². The van der Waals surface area contributed by atoms with Gasteiger partial charge in [0.25, 0.3) is 15.2 Å². The summed E-state index contributed by atoms with van der Waals surface area (Å²) >= 11 is 0. The molecule has 3 heterocycles. The number of aromatic nitrogens is 4. The number of alkyl halides is 4. The van der Waals surface area contributed by atoms with Gasteiger partial charge in [-0.25, -0.2) is 27.8 Å². The van der Waals surface area contributed by atoms with E-state index in [0.717, 1.165) is 4.31 Å². The highest BCUT2D eigenvalue weighted by atomic mass is 32.2. The molecule has 1 saturated carbocycles. The third-order valence-corrected chi connectivity index (χ3v) is 7.77. The molecule has 1 aliphatic heterocycles. The first kappa shape index (κ1) is 25.4. The van der Waals surface area contributed by atoms with E-state index in [1.165, 1.54) is 25.4 Å². The van der Waals surface area contributed by atoms with Gasteiger partial charge >= 0.3 is 6.18 Å². The number of hydrogen-bond donors (Lipinski definition) is 2. The van der Waals surface area contributed by atoms with E-state index in [-0.39, 0.29) is 18.9 Å². The maximum atomic E-state index is 14.9. The Balaban J connectivity index is 1.49. The van der Waals surface area contributed by atoms with Crippen LogP contribution in [0.1, 0.15) is 38.2 Å². The summed E-state index contributed by atoms with van der Waals surface area (Å²) in [5.41, 5.74) is -2.53. The monoisotopic (exact) mass is 520 g/mol. The zero-order valence-electron chi connectivity index (χ0n) is 18.6. The first-order valence-corrected chi connectivity index (χ1v) is 12.3. The van der Waals surface area contributed by atoms with Crippen molar-refractivity contribution in [1.29, 1.82) is 0 Å². The number of anilines is 1. The summed E-state index contributed by atoms with van der Waals surface area (Å²) in [6.45, 7) is 0.898. The molecule has 35 heavy (non-hydrogen) atoms. The third-order valence-electron chi connectivity index (χ3n) is 6.09. The van der Waals surface area contributed by atoms with Gasteiger partial charge in [-0.15, -0.1) is 0 Å². The quantitative estimate of drug-likeness (QED) is 0.435. The van der Waals surface area contributed by atoms with Gasteiger partial charge in [-0.05, 0) is 38.7 Å². The van der Waals surface area contributed by atoms with Gasteiger partial charge < -0.3 is 15.2 Å². The predicted octanol–water partition coefficient (Wildman–Crippen LogP) is 2.18. The van der Waals surface area contributed by atoms with Crippen molar-refractivity contribution in [3.05, 3.63) is 30.2 Å². The Kier molecular flexibility index (Phi) is 6.85. The fourth-order valence-electron chi connectivity index (χ4n) is 4.12. The topological polar surface area (TPSA) is 130 Å². The second-order valence-electron chi connectivity index (χ2n) is 8.72. The molecular formula is C20H24F4N6O4S. The average molecular weight is 521 g/mol. The van der Waals surface area contributed by atoms with E-state index in [0.29, 0.717) is 25.5 Å². The molecule has 15 heteroatoms. The average Bonchev–Trinajstić information content (AvgIpc) is 3.12. The van der Waals surface area contributed by atoms with Crippen LogP contribution in [0, 0.1) is 0 Å². The number of nitrogens with one attached hydrogen (secondary N) is 1. The third kappa shape index (κ3) is 5.46. The van der Waals surface area contributed by atoms with Gasteiger partial charge in [0, 0.05) is 31.7 Å². The smallest absolute Gasteiger partial charge is 0.423 e. The fraction of sp³-hybridized carbons (Fsp3) is 0.600. The summed E-state index contributed by atoms with van der Waals surface area (Å²) in [6, 6.07) is 0.487.